The third kappa shape index (κ3) is 4.52. The van der Waals surface area contributed by atoms with Crippen molar-refractivity contribution in [2.45, 2.75) is 5.75 Å². The van der Waals surface area contributed by atoms with Crippen molar-refractivity contribution in [3.63, 3.8) is 0 Å². The SMILES string of the molecule is COc1ccc(N2CCN(C(=S)SCc3ccc4nc(N)nc(N)c4c3)CC2)cc1. The number of nitrogen functional groups attached to an aromatic ring is 2. The average Bonchev–Trinajstić information content (AvgIpc) is 2.78. The van der Waals surface area contributed by atoms with E-state index in [4.69, 9.17) is 28.4 Å². The highest BCUT2D eigenvalue weighted by atomic mass is 32.2. The Morgan fingerprint density at radius 3 is 2.50 bits per heavy atom. The first-order chi connectivity index (χ1) is 14.5. The molecular weight excluding hydrogens is 416 g/mol. The van der Waals surface area contributed by atoms with Crippen molar-refractivity contribution in [3.8, 4) is 5.75 Å². The lowest BCUT2D eigenvalue weighted by atomic mass is 10.1. The lowest BCUT2D eigenvalue weighted by Crippen LogP contribution is -2.47. The largest absolute Gasteiger partial charge is 0.497 e. The molecule has 2 aromatic carbocycles. The van der Waals surface area contributed by atoms with E-state index >= 15 is 0 Å². The summed E-state index contributed by atoms with van der Waals surface area (Å²) in [5.41, 5.74) is 14.8. The van der Waals surface area contributed by atoms with Crippen molar-refractivity contribution in [1.82, 2.24) is 14.9 Å². The van der Waals surface area contributed by atoms with Crippen molar-refractivity contribution in [1.29, 1.82) is 0 Å². The van der Waals surface area contributed by atoms with Crippen LogP contribution in [0.3, 0.4) is 0 Å². The number of nitrogens with zero attached hydrogens (tertiary/aromatic N) is 4. The van der Waals surface area contributed by atoms with Crippen LogP contribution >= 0.6 is 24.0 Å². The van der Waals surface area contributed by atoms with Crippen molar-refractivity contribution in [2.24, 2.45) is 0 Å². The number of aromatic nitrogens is 2. The quantitative estimate of drug-likeness (QED) is 0.593. The minimum absolute atomic E-state index is 0.192. The minimum atomic E-state index is 0.192. The number of hydrogen-bond donors (Lipinski definition) is 2. The van der Waals surface area contributed by atoms with Gasteiger partial charge in [0.2, 0.25) is 5.95 Å². The summed E-state index contributed by atoms with van der Waals surface area (Å²) in [5.74, 6) is 2.25. The molecule has 3 aromatic rings. The van der Waals surface area contributed by atoms with Crippen LogP contribution in [0.15, 0.2) is 42.5 Å². The number of rotatable bonds is 4. The van der Waals surface area contributed by atoms with E-state index < -0.39 is 0 Å². The van der Waals surface area contributed by atoms with Crippen LogP contribution in [0.4, 0.5) is 17.5 Å². The lowest BCUT2D eigenvalue weighted by Gasteiger charge is -2.37. The van der Waals surface area contributed by atoms with E-state index in [0.29, 0.717) is 5.82 Å². The second-order valence-corrected chi connectivity index (χ2v) is 8.65. The molecule has 1 aromatic heterocycles. The summed E-state index contributed by atoms with van der Waals surface area (Å²) in [7, 11) is 1.68. The number of thioether (sulfide) groups is 1. The standard InChI is InChI=1S/C21H24N6OS2/c1-28-16-5-3-15(4-6-16)26-8-10-27(11-9-26)21(29)30-13-14-2-7-18-17(12-14)19(22)25-20(23)24-18/h2-7,12H,8-11,13H2,1H3,(H4,22,23,24,25). The predicted molar refractivity (Wildman–Crippen MR) is 129 cm³/mol. The smallest absolute Gasteiger partial charge is 0.222 e. The van der Waals surface area contributed by atoms with Gasteiger partial charge >= 0.3 is 0 Å². The molecule has 2 heterocycles. The summed E-state index contributed by atoms with van der Waals surface area (Å²) in [6, 6.07) is 14.2. The normalized spacial score (nSPS) is 14.2. The number of thiocarbonyl (C=S) groups is 1. The summed E-state index contributed by atoms with van der Waals surface area (Å²) in [4.78, 5) is 12.9. The second kappa shape index (κ2) is 8.93. The maximum Gasteiger partial charge on any atom is 0.222 e. The average molecular weight is 441 g/mol. The molecule has 1 aliphatic heterocycles. The molecule has 0 atom stereocenters. The molecule has 1 aliphatic rings. The van der Waals surface area contributed by atoms with E-state index in [0.717, 1.165) is 58.5 Å². The molecule has 0 radical (unpaired) electrons. The first-order valence-corrected chi connectivity index (χ1v) is 11.0. The summed E-state index contributed by atoms with van der Waals surface area (Å²) >= 11 is 7.36. The van der Waals surface area contributed by atoms with E-state index in [2.05, 4.69) is 31.9 Å². The Kier molecular flexibility index (Phi) is 6.10. The Hall–Kier alpha value is -2.78. The van der Waals surface area contributed by atoms with Gasteiger partial charge in [0.25, 0.3) is 0 Å². The monoisotopic (exact) mass is 440 g/mol. The van der Waals surface area contributed by atoms with Gasteiger partial charge in [-0.2, -0.15) is 4.98 Å². The van der Waals surface area contributed by atoms with E-state index in [9.17, 15) is 0 Å². The van der Waals surface area contributed by atoms with Gasteiger partial charge in [-0.1, -0.05) is 30.0 Å². The molecule has 7 nitrogen and oxygen atoms in total. The number of ether oxygens (including phenoxy) is 1. The van der Waals surface area contributed by atoms with Gasteiger partial charge in [0.1, 0.15) is 15.9 Å². The minimum Gasteiger partial charge on any atom is -0.497 e. The number of fused-ring (bicyclic) bond motifs is 1. The topological polar surface area (TPSA) is 93.5 Å². The molecule has 156 valence electrons. The number of benzene rings is 2. The zero-order valence-electron chi connectivity index (χ0n) is 16.7. The zero-order valence-corrected chi connectivity index (χ0v) is 18.4. The number of hydrogen-bond acceptors (Lipinski definition) is 8. The van der Waals surface area contributed by atoms with Gasteiger partial charge < -0.3 is 26.0 Å². The fraction of sp³-hybridized carbons (Fsp3) is 0.286. The van der Waals surface area contributed by atoms with Gasteiger partial charge in [-0.3, -0.25) is 0 Å². The van der Waals surface area contributed by atoms with Crippen LogP contribution in [0.2, 0.25) is 0 Å². The molecule has 0 bridgehead atoms. The Bertz CT molecular complexity index is 1050. The van der Waals surface area contributed by atoms with E-state index in [1.807, 2.05) is 30.3 Å². The molecule has 4 rings (SSSR count). The lowest BCUT2D eigenvalue weighted by molar-refractivity contribution is 0.397. The van der Waals surface area contributed by atoms with Crippen LogP contribution in [-0.2, 0) is 5.75 Å². The first-order valence-electron chi connectivity index (χ1n) is 9.66. The Labute approximate surface area is 185 Å². The van der Waals surface area contributed by atoms with Crippen molar-refractivity contribution in [2.75, 3.05) is 49.7 Å². The van der Waals surface area contributed by atoms with Gasteiger partial charge in [0, 0.05) is 43.0 Å². The van der Waals surface area contributed by atoms with E-state index in [1.165, 1.54) is 5.69 Å². The zero-order chi connectivity index (χ0) is 21.1. The third-order valence-electron chi connectivity index (χ3n) is 5.14. The van der Waals surface area contributed by atoms with Gasteiger partial charge in [-0.15, -0.1) is 0 Å². The molecular formula is C21H24N6OS2. The number of anilines is 3. The maximum atomic E-state index is 5.99. The van der Waals surface area contributed by atoms with Crippen LogP contribution < -0.4 is 21.1 Å². The molecule has 30 heavy (non-hydrogen) atoms. The summed E-state index contributed by atoms with van der Waals surface area (Å²) < 4.78 is 6.16. The van der Waals surface area contributed by atoms with Crippen molar-refractivity contribution in [3.05, 3.63) is 48.0 Å². The Morgan fingerprint density at radius 1 is 1.07 bits per heavy atom. The van der Waals surface area contributed by atoms with Gasteiger partial charge in [-0.05, 0) is 42.0 Å². The summed E-state index contributed by atoms with van der Waals surface area (Å²) in [5, 5.41) is 0.821. The van der Waals surface area contributed by atoms with E-state index in [1.54, 1.807) is 18.9 Å². The highest BCUT2D eigenvalue weighted by molar-refractivity contribution is 8.22. The molecule has 0 saturated carbocycles. The maximum absolute atomic E-state index is 5.99. The molecule has 1 fully saturated rings. The molecule has 0 aliphatic carbocycles. The molecule has 9 heteroatoms. The fourth-order valence-corrected chi connectivity index (χ4v) is 4.68. The Morgan fingerprint density at radius 2 is 1.80 bits per heavy atom. The van der Waals surface area contributed by atoms with Crippen LogP contribution in [0.25, 0.3) is 10.9 Å². The van der Waals surface area contributed by atoms with Crippen LogP contribution in [0.5, 0.6) is 5.75 Å². The Balaban J connectivity index is 1.32. The third-order valence-corrected chi connectivity index (χ3v) is 6.74. The predicted octanol–water partition coefficient (Wildman–Crippen LogP) is 3.14. The summed E-state index contributed by atoms with van der Waals surface area (Å²) in [6.45, 7) is 3.71. The highest BCUT2D eigenvalue weighted by Crippen LogP contribution is 2.25. The molecule has 1 saturated heterocycles. The number of nitrogens with two attached hydrogens (primary N) is 2. The van der Waals surface area contributed by atoms with Gasteiger partial charge in [0.05, 0.1) is 12.6 Å². The van der Waals surface area contributed by atoms with Gasteiger partial charge in [-0.25, -0.2) is 4.98 Å². The number of piperazine rings is 1. The second-order valence-electron chi connectivity index (χ2n) is 7.05. The molecule has 0 spiro atoms. The fourth-order valence-electron chi connectivity index (χ4n) is 3.48. The molecule has 4 N–H and O–H groups in total. The molecule has 0 unspecified atom stereocenters. The van der Waals surface area contributed by atoms with Crippen molar-refractivity contribution < 1.29 is 4.74 Å². The van der Waals surface area contributed by atoms with Crippen LogP contribution in [0.1, 0.15) is 5.56 Å². The highest BCUT2D eigenvalue weighted by Gasteiger charge is 2.19. The van der Waals surface area contributed by atoms with Gasteiger partial charge in [0.15, 0.2) is 0 Å². The van der Waals surface area contributed by atoms with Crippen molar-refractivity contribution >= 4 is 56.7 Å². The summed E-state index contributed by atoms with van der Waals surface area (Å²) in [6.07, 6.45) is 0. The van der Waals surface area contributed by atoms with Crippen LogP contribution in [-0.4, -0.2) is 52.5 Å². The van der Waals surface area contributed by atoms with E-state index in [-0.39, 0.29) is 5.95 Å². The number of methoxy groups -OCH3 is 1. The molecule has 0 amide bonds. The first kappa shape index (κ1) is 20.5. The van der Waals surface area contributed by atoms with Crippen LogP contribution in [0, 0.1) is 0 Å².